The second-order valence-corrected chi connectivity index (χ2v) is 11.6. The Bertz CT molecular complexity index is 1400. The first-order valence-corrected chi connectivity index (χ1v) is 12.8. The van der Waals surface area contributed by atoms with E-state index in [4.69, 9.17) is 0 Å². The summed E-state index contributed by atoms with van der Waals surface area (Å²) in [5.41, 5.74) is -3.34. The molecule has 9 nitrogen and oxygen atoms in total. The van der Waals surface area contributed by atoms with Crippen molar-refractivity contribution in [1.29, 1.82) is 0 Å². The number of anilines is 1. The van der Waals surface area contributed by atoms with Crippen LogP contribution in [0.5, 0.6) is 5.75 Å². The van der Waals surface area contributed by atoms with Crippen LogP contribution in [0.25, 0.3) is 0 Å². The third kappa shape index (κ3) is 4.04. The zero-order valence-electron chi connectivity index (χ0n) is 16.5. The number of aromatic hydroxyl groups is 1. The van der Waals surface area contributed by atoms with E-state index in [-0.39, 0.29) is 17.1 Å². The van der Waals surface area contributed by atoms with Crippen molar-refractivity contribution in [2.75, 3.05) is 29.0 Å². The first kappa shape index (κ1) is 23.0. The van der Waals surface area contributed by atoms with Crippen LogP contribution in [0.1, 0.15) is 26.3 Å². The highest BCUT2D eigenvalue weighted by molar-refractivity contribution is 7.92. The Morgan fingerprint density at radius 3 is 2.24 bits per heavy atom. The number of hydrogen-bond acceptors (Lipinski definition) is 7. The predicted octanol–water partition coefficient (Wildman–Crippen LogP) is 1.63. The quantitative estimate of drug-likeness (QED) is 0.658. The van der Waals surface area contributed by atoms with Crippen molar-refractivity contribution < 1.29 is 44.7 Å². The normalized spacial score (nSPS) is 18.9. The lowest BCUT2D eigenvalue weighted by Gasteiger charge is -2.20. The molecule has 0 aliphatic carbocycles. The smallest absolute Gasteiger partial charge is 0.420 e. The van der Waals surface area contributed by atoms with E-state index in [1.54, 1.807) is 0 Å². The number of phenolic OH excluding ortho intramolecular Hbond substituents is 1. The maximum atomic E-state index is 13.6. The van der Waals surface area contributed by atoms with Gasteiger partial charge in [-0.05, 0) is 24.3 Å². The second-order valence-electron chi connectivity index (χ2n) is 7.51. The average molecular weight is 504 g/mol. The summed E-state index contributed by atoms with van der Waals surface area (Å²) in [6, 6.07) is 6.45. The first-order chi connectivity index (χ1) is 15.2. The third-order valence-corrected chi connectivity index (χ3v) is 8.36. The van der Waals surface area contributed by atoms with Crippen LogP contribution in [-0.4, -0.2) is 62.7 Å². The molecule has 14 heteroatoms. The van der Waals surface area contributed by atoms with Crippen LogP contribution in [0.15, 0.2) is 41.3 Å². The molecule has 0 spiro atoms. The zero-order chi connectivity index (χ0) is 24.3. The van der Waals surface area contributed by atoms with Gasteiger partial charge in [0.2, 0.25) is 0 Å². The zero-order valence-corrected chi connectivity index (χ0v) is 18.2. The highest BCUT2D eigenvalue weighted by atomic mass is 32.2. The number of para-hydroxylation sites is 1. The molecule has 2 heterocycles. The molecular formula is C19H15F3N2O7S2. The number of carbonyl (C=O) groups is 2. The Labute approximate surface area is 185 Å². The predicted molar refractivity (Wildman–Crippen MR) is 108 cm³/mol. The number of benzene rings is 2. The number of nitrogens with zero attached hydrogens (tertiary/aromatic N) is 2. The van der Waals surface area contributed by atoms with Crippen LogP contribution in [-0.2, 0) is 25.9 Å². The van der Waals surface area contributed by atoms with Crippen molar-refractivity contribution in [3.8, 4) is 5.75 Å². The van der Waals surface area contributed by atoms with Gasteiger partial charge < -0.3 is 10.0 Å². The Morgan fingerprint density at radius 2 is 1.64 bits per heavy atom. The summed E-state index contributed by atoms with van der Waals surface area (Å²) in [6.07, 6.45) is -5.17. The average Bonchev–Trinajstić information content (AvgIpc) is 3.23. The third-order valence-electron chi connectivity index (χ3n) is 5.24. The van der Waals surface area contributed by atoms with Gasteiger partial charge in [0.1, 0.15) is 17.5 Å². The van der Waals surface area contributed by atoms with Gasteiger partial charge in [-0.25, -0.2) is 16.8 Å². The minimum Gasteiger partial charge on any atom is -0.506 e. The van der Waals surface area contributed by atoms with Gasteiger partial charge in [0, 0.05) is 12.1 Å². The lowest BCUT2D eigenvalue weighted by atomic mass is 10.0. The Morgan fingerprint density at radius 1 is 0.970 bits per heavy atom. The minimum atomic E-state index is -5.17. The number of alkyl halides is 3. The largest absolute Gasteiger partial charge is 0.506 e. The molecule has 0 unspecified atom stereocenters. The van der Waals surface area contributed by atoms with E-state index in [2.05, 4.69) is 0 Å². The Hall–Kier alpha value is -3.13. The fraction of sp³-hybridized carbons (Fsp3) is 0.263. The van der Waals surface area contributed by atoms with Gasteiger partial charge in [-0.2, -0.15) is 13.2 Å². The number of carbonyl (C=O) groups excluding carboxylic acids is 2. The lowest BCUT2D eigenvalue weighted by molar-refractivity contribution is -0.138. The summed E-state index contributed by atoms with van der Waals surface area (Å²) >= 11 is 0. The molecule has 2 aliphatic heterocycles. The molecule has 0 atom stereocenters. The van der Waals surface area contributed by atoms with Gasteiger partial charge in [0.15, 0.2) is 19.7 Å². The first-order valence-electron chi connectivity index (χ1n) is 9.29. The molecule has 0 radical (unpaired) electrons. The molecule has 0 aromatic heterocycles. The molecule has 2 amide bonds. The standard InChI is InChI=1S/C19H15F3N2O7S2/c20-19(21,22)13-8-11(7-12(16(13)25)18(27)23-5-6-32(28,29)9-23)17(26)24-10-33(30,31)15-4-2-1-3-14(15)24/h1-4,7-8,25H,5-6,9-10H2. The molecular weight excluding hydrogens is 489 g/mol. The van der Waals surface area contributed by atoms with Gasteiger partial charge in [-0.1, -0.05) is 12.1 Å². The number of sulfone groups is 2. The molecule has 2 aliphatic rings. The molecule has 2 aromatic carbocycles. The van der Waals surface area contributed by atoms with E-state index in [0.29, 0.717) is 12.1 Å². The van der Waals surface area contributed by atoms with E-state index < -0.39 is 77.6 Å². The molecule has 2 aromatic rings. The Balaban J connectivity index is 1.82. The summed E-state index contributed by atoms with van der Waals surface area (Å²) in [5, 5.41) is 10.2. The minimum absolute atomic E-state index is 0.0392. The van der Waals surface area contributed by atoms with Crippen LogP contribution in [0.3, 0.4) is 0 Å². The highest BCUT2D eigenvalue weighted by Gasteiger charge is 2.41. The summed E-state index contributed by atoms with van der Waals surface area (Å²) in [7, 11) is -7.54. The maximum absolute atomic E-state index is 13.6. The Kier molecular flexibility index (Phi) is 5.20. The van der Waals surface area contributed by atoms with Crippen molar-refractivity contribution in [2.24, 2.45) is 0 Å². The topological polar surface area (TPSA) is 129 Å². The monoisotopic (exact) mass is 504 g/mol. The van der Waals surface area contributed by atoms with Crippen LogP contribution in [0.4, 0.5) is 18.9 Å². The van der Waals surface area contributed by atoms with E-state index >= 15 is 0 Å². The van der Waals surface area contributed by atoms with Gasteiger partial charge >= 0.3 is 6.18 Å². The van der Waals surface area contributed by atoms with E-state index in [0.717, 1.165) is 9.80 Å². The summed E-state index contributed by atoms with van der Waals surface area (Å²) in [5.74, 6) is -5.76. The maximum Gasteiger partial charge on any atom is 0.420 e. The van der Waals surface area contributed by atoms with Crippen molar-refractivity contribution in [3.63, 3.8) is 0 Å². The molecule has 1 saturated heterocycles. The van der Waals surface area contributed by atoms with Gasteiger partial charge in [0.05, 0.1) is 27.5 Å². The number of hydrogen-bond donors (Lipinski definition) is 1. The van der Waals surface area contributed by atoms with Crippen LogP contribution < -0.4 is 4.90 Å². The number of rotatable bonds is 2. The van der Waals surface area contributed by atoms with Crippen molar-refractivity contribution >= 4 is 37.2 Å². The van der Waals surface area contributed by atoms with E-state index in [9.17, 15) is 44.7 Å². The van der Waals surface area contributed by atoms with Crippen molar-refractivity contribution in [1.82, 2.24) is 4.90 Å². The van der Waals surface area contributed by atoms with Crippen LogP contribution in [0.2, 0.25) is 0 Å². The van der Waals surface area contributed by atoms with Gasteiger partial charge in [-0.3, -0.25) is 14.5 Å². The molecule has 1 N–H and O–H groups in total. The summed E-state index contributed by atoms with van der Waals surface area (Å²) in [6.45, 7) is -0.294. The fourth-order valence-electron chi connectivity index (χ4n) is 3.66. The molecule has 0 bridgehead atoms. The second kappa shape index (κ2) is 7.45. The number of phenols is 1. The SMILES string of the molecule is O=C(c1cc(C(=O)N2CS(=O)(=O)c3ccccc32)cc(C(F)(F)F)c1O)N1CCS(=O)(=O)C1. The molecule has 0 saturated carbocycles. The van der Waals surface area contributed by atoms with Gasteiger partial charge in [-0.15, -0.1) is 0 Å². The highest BCUT2D eigenvalue weighted by Crippen LogP contribution is 2.40. The lowest BCUT2D eigenvalue weighted by Crippen LogP contribution is -2.32. The van der Waals surface area contributed by atoms with Crippen LogP contribution >= 0.6 is 0 Å². The molecule has 176 valence electrons. The molecule has 33 heavy (non-hydrogen) atoms. The van der Waals surface area contributed by atoms with Gasteiger partial charge in [0.25, 0.3) is 11.8 Å². The summed E-state index contributed by atoms with van der Waals surface area (Å²) < 4.78 is 88.8. The summed E-state index contributed by atoms with van der Waals surface area (Å²) in [4.78, 5) is 27.2. The number of fused-ring (bicyclic) bond motifs is 1. The fourth-order valence-corrected chi connectivity index (χ4v) is 6.53. The van der Waals surface area contributed by atoms with E-state index in [1.165, 1.54) is 24.3 Å². The molecule has 1 fully saturated rings. The van der Waals surface area contributed by atoms with E-state index in [1.807, 2.05) is 0 Å². The van der Waals surface area contributed by atoms with Crippen molar-refractivity contribution in [2.45, 2.75) is 11.1 Å². The number of halogens is 3. The molecule has 4 rings (SSSR count). The number of amides is 2. The van der Waals surface area contributed by atoms with Crippen LogP contribution in [0, 0.1) is 0 Å². The van der Waals surface area contributed by atoms with Crippen molar-refractivity contribution in [3.05, 3.63) is 53.1 Å².